The highest BCUT2D eigenvalue weighted by Gasteiger charge is 2.24. The van der Waals surface area contributed by atoms with Crippen LogP contribution in [0.1, 0.15) is 18.1 Å². The molecule has 0 bridgehead atoms. The second-order valence-corrected chi connectivity index (χ2v) is 5.90. The van der Waals surface area contributed by atoms with Gasteiger partial charge in [-0.15, -0.1) is 0 Å². The van der Waals surface area contributed by atoms with Gasteiger partial charge in [0.15, 0.2) is 0 Å². The number of hydrogen-bond donors (Lipinski definition) is 1. The van der Waals surface area contributed by atoms with E-state index in [1.165, 1.54) is 11.1 Å². The van der Waals surface area contributed by atoms with E-state index in [2.05, 4.69) is 28.9 Å². The molecule has 2 aliphatic rings. The van der Waals surface area contributed by atoms with E-state index in [4.69, 9.17) is 10.5 Å². The summed E-state index contributed by atoms with van der Waals surface area (Å²) in [6.07, 6.45) is 1.48. The summed E-state index contributed by atoms with van der Waals surface area (Å²) in [5.41, 5.74) is 9.61. The van der Waals surface area contributed by atoms with Gasteiger partial charge >= 0.3 is 0 Å². The Labute approximate surface area is 121 Å². The molecular formula is C16H25N3O. The summed E-state index contributed by atoms with van der Waals surface area (Å²) >= 11 is 0. The molecule has 1 unspecified atom stereocenters. The van der Waals surface area contributed by atoms with Crippen LogP contribution >= 0.6 is 0 Å². The monoisotopic (exact) mass is 275 g/mol. The van der Waals surface area contributed by atoms with E-state index >= 15 is 0 Å². The molecule has 0 spiro atoms. The van der Waals surface area contributed by atoms with Crippen LogP contribution in [0.3, 0.4) is 0 Å². The predicted octanol–water partition coefficient (Wildman–Crippen LogP) is 1.35. The summed E-state index contributed by atoms with van der Waals surface area (Å²) in [5.74, 6) is 0. The number of nitrogens with zero attached hydrogens (tertiary/aromatic N) is 2. The molecular weight excluding hydrogens is 250 g/mol. The second-order valence-electron chi connectivity index (χ2n) is 5.90. The summed E-state index contributed by atoms with van der Waals surface area (Å²) in [5, 5.41) is 0. The van der Waals surface area contributed by atoms with Crippen molar-refractivity contribution in [2.24, 2.45) is 0 Å². The van der Waals surface area contributed by atoms with Gasteiger partial charge in [0.1, 0.15) is 0 Å². The number of likely N-dealkylation sites (N-methyl/N-ethyl adjacent to an activating group) is 1. The molecule has 2 heterocycles. The number of hydrogen-bond acceptors (Lipinski definition) is 4. The van der Waals surface area contributed by atoms with E-state index in [1.807, 2.05) is 6.07 Å². The van der Waals surface area contributed by atoms with Gasteiger partial charge in [0.05, 0.1) is 12.7 Å². The third-order valence-corrected chi connectivity index (χ3v) is 4.45. The zero-order valence-corrected chi connectivity index (χ0v) is 12.3. The summed E-state index contributed by atoms with van der Waals surface area (Å²) in [7, 11) is 0. The molecule has 1 fully saturated rings. The Kier molecular flexibility index (Phi) is 4.24. The first-order valence-electron chi connectivity index (χ1n) is 7.68. The Balaban J connectivity index is 1.59. The number of morpholine rings is 1. The Morgan fingerprint density at radius 3 is 3.00 bits per heavy atom. The van der Waals surface area contributed by atoms with E-state index in [0.717, 1.165) is 58.0 Å². The van der Waals surface area contributed by atoms with Crippen LogP contribution in [0.2, 0.25) is 0 Å². The zero-order valence-electron chi connectivity index (χ0n) is 12.3. The van der Waals surface area contributed by atoms with Crippen LogP contribution < -0.4 is 5.73 Å². The molecule has 4 heteroatoms. The number of nitrogens with two attached hydrogens (primary N) is 1. The first-order chi connectivity index (χ1) is 9.74. The van der Waals surface area contributed by atoms with Gasteiger partial charge in [-0.1, -0.05) is 13.0 Å². The molecule has 110 valence electrons. The van der Waals surface area contributed by atoms with Gasteiger partial charge in [-0.25, -0.2) is 0 Å². The van der Waals surface area contributed by atoms with Crippen LogP contribution in [0.15, 0.2) is 18.2 Å². The summed E-state index contributed by atoms with van der Waals surface area (Å²) in [4.78, 5) is 4.98. The van der Waals surface area contributed by atoms with Crippen molar-refractivity contribution in [3.8, 4) is 0 Å². The zero-order chi connectivity index (χ0) is 13.9. The smallest absolute Gasteiger partial charge is 0.0829 e. The van der Waals surface area contributed by atoms with Crippen LogP contribution in [0.5, 0.6) is 0 Å². The van der Waals surface area contributed by atoms with Crippen molar-refractivity contribution in [1.29, 1.82) is 0 Å². The quantitative estimate of drug-likeness (QED) is 0.846. The highest BCUT2D eigenvalue weighted by atomic mass is 16.5. The Hall–Kier alpha value is -1.10. The van der Waals surface area contributed by atoms with Crippen molar-refractivity contribution < 1.29 is 4.74 Å². The number of nitrogen functional groups attached to an aromatic ring is 1. The van der Waals surface area contributed by atoms with Crippen LogP contribution in [0, 0.1) is 0 Å². The largest absolute Gasteiger partial charge is 0.399 e. The lowest BCUT2D eigenvalue weighted by molar-refractivity contribution is -0.0434. The van der Waals surface area contributed by atoms with Gasteiger partial charge in [-0.3, -0.25) is 9.80 Å². The minimum Gasteiger partial charge on any atom is -0.399 e. The van der Waals surface area contributed by atoms with Crippen molar-refractivity contribution in [3.05, 3.63) is 29.3 Å². The minimum atomic E-state index is 0.353. The molecule has 1 atom stereocenters. The van der Waals surface area contributed by atoms with E-state index in [9.17, 15) is 0 Å². The average Bonchev–Trinajstić information content (AvgIpc) is 2.47. The molecule has 4 nitrogen and oxygen atoms in total. The molecule has 0 aliphatic carbocycles. The molecule has 0 amide bonds. The SMILES string of the molecule is CCN1CCOC(CN2CCc3ccc(N)cc3C2)C1. The van der Waals surface area contributed by atoms with Gasteiger partial charge < -0.3 is 10.5 Å². The number of fused-ring (bicyclic) bond motifs is 1. The molecule has 2 N–H and O–H groups in total. The highest BCUT2D eigenvalue weighted by Crippen LogP contribution is 2.22. The van der Waals surface area contributed by atoms with Crippen LogP contribution in [-0.2, 0) is 17.7 Å². The molecule has 3 rings (SSSR count). The van der Waals surface area contributed by atoms with Gasteiger partial charge in [0.25, 0.3) is 0 Å². The fourth-order valence-corrected chi connectivity index (χ4v) is 3.26. The normalized spacial score (nSPS) is 24.6. The number of ether oxygens (including phenoxy) is 1. The van der Waals surface area contributed by atoms with Crippen LogP contribution in [-0.4, -0.2) is 55.2 Å². The molecule has 1 saturated heterocycles. The molecule has 0 radical (unpaired) electrons. The van der Waals surface area contributed by atoms with Gasteiger partial charge in [-0.05, 0) is 36.2 Å². The van der Waals surface area contributed by atoms with Crippen molar-refractivity contribution in [3.63, 3.8) is 0 Å². The van der Waals surface area contributed by atoms with Gasteiger partial charge in [-0.2, -0.15) is 0 Å². The third kappa shape index (κ3) is 3.14. The standard InChI is InChI=1S/C16H25N3O/c1-2-18-7-8-20-16(11-18)12-19-6-5-13-3-4-15(17)9-14(13)10-19/h3-4,9,16H,2,5-8,10-12,17H2,1H3. The Morgan fingerprint density at radius 2 is 2.15 bits per heavy atom. The Bertz CT molecular complexity index is 463. The number of rotatable bonds is 3. The summed E-state index contributed by atoms with van der Waals surface area (Å²) in [6.45, 7) is 9.53. The van der Waals surface area contributed by atoms with Crippen molar-refractivity contribution in [1.82, 2.24) is 9.80 Å². The summed E-state index contributed by atoms with van der Waals surface area (Å²) < 4.78 is 5.92. The molecule has 2 aliphatic heterocycles. The number of anilines is 1. The maximum absolute atomic E-state index is 5.92. The first-order valence-corrected chi connectivity index (χ1v) is 7.68. The van der Waals surface area contributed by atoms with Crippen molar-refractivity contribution in [2.75, 3.05) is 45.1 Å². The van der Waals surface area contributed by atoms with Crippen LogP contribution in [0.25, 0.3) is 0 Å². The summed E-state index contributed by atoms with van der Waals surface area (Å²) in [6, 6.07) is 6.32. The molecule has 20 heavy (non-hydrogen) atoms. The maximum atomic E-state index is 5.92. The average molecular weight is 275 g/mol. The number of benzene rings is 1. The highest BCUT2D eigenvalue weighted by molar-refractivity contribution is 5.45. The lowest BCUT2D eigenvalue weighted by Crippen LogP contribution is -2.48. The Morgan fingerprint density at radius 1 is 1.25 bits per heavy atom. The minimum absolute atomic E-state index is 0.353. The van der Waals surface area contributed by atoms with Gasteiger partial charge in [0, 0.05) is 38.4 Å². The lowest BCUT2D eigenvalue weighted by atomic mass is 9.99. The molecule has 1 aromatic rings. The van der Waals surface area contributed by atoms with Crippen molar-refractivity contribution in [2.45, 2.75) is 26.0 Å². The maximum Gasteiger partial charge on any atom is 0.0829 e. The lowest BCUT2D eigenvalue weighted by Gasteiger charge is -2.36. The first kappa shape index (κ1) is 13.9. The molecule has 0 saturated carbocycles. The van der Waals surface area contributed by atoms with E-state index in [0.29, 0.717) is 6.10 Å². The van der Waals surface area contributed by atoms with Gasteiger partial charge in [0.2, 0.25) is 0 Å². The molecule has 1 aromatic carbocycles. The van der Waals surface area contributed by atoms with E-state index in [1.54, 1.807) is 0 Å². The second kappa shape index (κ2) is 6.12. The fourth-order valence-electron chi connectivity index (χ4n) is 3.26. The fraction of sp³-hybridized carbons (Fsp3) is 0.625. The van der Waals surface area contributed by atoms with E-state index < -0.39 is 0 Å². The molecule has 0 aromatic heterocycles. The third-order valence-electron chi connectivity index (χ3n) is 4.45. The topological polar surface area (TPSA) is 41.7 Å². The van der Waals surface area contributed by atoms with Crippen molar-refractivity contribution >= 4 is 5.69 Å². The van der Waals surface area contributed by atoms with Crippen LogP contribution in [0.4, 0.5) is 5.69 Å². The predicted molar refractivity (Wildman–Crippen MR) is 81.7 cm³/mol. The van der Waals surface area contributed by atoms with E-state index in [-0.39, 0.29) is 0 Å².